The average Bonchev–Trinajstić information content (AvgIpc) is 2.67. The fourth-order valence-corrected chi connectivity index (χ4v) is 5.05. The molecular formula is C20H34O5Si. The first-order valence-corrected chi connectivity index (χ1v) is 11.5. The van der Waals surface area contributed by atoms with Crippen molar-refractivity contribution >= 4 is 8.80 Å². The van der Waals surface area contributed by atoms with Crippen molar-refractivity contribution in [2.75, 3.05) is 21.3 Å². The summed E-state index contributed by atoms with van der Waals surface area (Å²) >= 11 is 0. The normalized spacial score (nSPS) is 19.9. The number of ether oxygens (including phenoxy) is 2. The van der Waals surface area contributed by atoms with E-state index < -0.39 is 14.6 Å². The van der Waals surface area contributed by atoms with Gasteiger partial charge in [0.05, 0.1) is 6.61 Å². The molecule has 1 aliphatic heterocycles. The standard InChI is InChI=1S/C20H34O5Si/c1-6-7-8-9-13-20(2)24-16-18-15-17(10-11-19(18)25-20)12-14-26(21-3,22-4)23-5/h10-11,15H,6-9,12-14,16H2,1-5H3. The Morgan fingerprint density at radius 3 is 2.46 bits per heavy atom. The van der Waals surface area contributed by atoms with Crippen LogP contribution in [0.2, 0.25) is 6.04 Å². The van der Waals surface area contributed by atoms with Crippen LogP contribution in [0, 0.1) is 0 Å². The smallest absolute Gasteiger partial charge is 0.462 e. The Morgan fingerprint density at radius 2 is 1.81 bits per heavy atom. The molecule has 0 saturated carbocycles. The van der Waals surface area contributed by atoms with Gasteiger partial charge in [0.25, 0.3) is 0 Å². The summed E-state index contributed by atoms with van der Waals surface area (Å²) in [4.78, 5) is 0. The van der Waals surface area contributed by atoms with Crippen LogP contribution in [-0.2, 0) is 31.0 Å². The van der Waals surface area contributed by atoms with E-state index in [4.69, 9.17) is 22.8 Å². The summed E-state index contributed by atoms with van der Waals surface area (Å²) in [5.41, 5.74) is 2.32. The van der Waals surface area contributed by atoms with Crippen LogP contribution in [0.1, 0.15) is 57.1 Å². The van der Waals surface area contributed by atoms with Gasteiger partial charge in [0.15, 0.2) is 0 Å². The van der Waals surface area contributed by atoms with Crippen LogP contribution in [0.15, 0.2) is 18.2 Å². The summed E-state index contributed by atoms with van der Waals surface area (Å²) in [5.74, 6) is 0.429. The molecule has 1 aromatic rings. The molecule has 5 nitrogen and oxygen atoms in total. The Balaban J connectivity index is 1.96. The number of aryl methyl sites for hydroxylation is 1. The Kier molecular flexibility index (Phi) is 8.10. The lowest BCUT2D eigenvalue weighted by atomic mass is 10.0. The SMILES string of the molecule is CCCCCCC1(C)OCc2cc(CC[Si](OC)(OC)OC)ccc2O1. The second kappa shape index (κ2) is 9.85. The van der Waals surface area contributed by atoms with Crippen LogP contribution in [0.5, 0.6) is 5.75 Å². The number of unbranched alkanes of at least 4 members (excludes halogenated alkanes) is 3. The largest absolute Gasteiger partial charge is 0.500 e. The molecule has 1 aromatic carbocycles. The van der Waals surface area contributed by atoms with Crippen LogP contribution >= 0.6 is 0 Å². The van der Waals surface area contributed by atoms with Gasteiger partial charge in [-0.2, -0.15) is 0 Å². The van der Waals surface area contributed by atoms with E-state index in [1.54, 1.807) is 21.3 Å². The molecule has 1 aliphatic rings. The minimum atomic E-state index is -2.54. The van der Waals surface area contributed by atoms with Gasteiger partial charge in [-0.05, 0) is 30.5 Å². The van der Waals surface area contributed by atoms with E-state index in [-0.39, 0.29) is 0 Å². The molecule has 0 saturated heterocycles. The van der Waals surface area contributed by atoms with E-state index in [1.165, 1.54) is 24.8 Å². The van der Waals surface area contributed by atoms with Crippen molar-refractivity contribution in [1.29, 1.82) is 0 Å². The van der Waals surface area contributed by atoms with Crippen LogP contribution in [0.3, 0.4) is 0 Å². The maximum absolute atomic E-state index is 6.18. The van der Waals surface area contributed by atoms with Gasteiger partial charge in [-0.25, -0.2) is 0 Å². The monoisotopic (exact) mass is 382 g/mol. The number of hydrogen-bond donors (Lipinski definition) is 0. The zero-order chi connectivity index (χ0) is 19.0. The summed E-state index contributed by atoms with van der Waals surface area (Å²) in [5, 5.41) is 0. The summed E-state index contributed by atoms with van der Waals surface area (Å²) in [6.45, 7) is 4.86. The lowest BCUT2D eigenvalue weighted by molar-refractivity contribution is -0.198. The molecule has 0 aromatic heterocycles. The Hall–Kier alpha value is -0.923. The molecule has 2 rings (SSSR count). The van der Waals surface area contributed by atoms with Gasteiger partial charge in [-0.3, -0.25) is 0 Å². The summed E-state index contributed by atoms with van der Waals surface area (Å²) in [7, 11) is 2.40. The maximum atomic E-state index is 6.18. The average molecular weight is 383 g/mol. The van der Waals surface area contributed by atoms with Crippen molar-refractivity contribution in [3.63, 3.8) is 0 Å². The molecule has 0 bridgehead atoms. The van der Waals surface area contributed by atoms with E-state index in [9.17, 15) is 0 Å². The lowest BCUT2D eigenvalue weighted by Crippen LogP contribution is -2.43. The van der Waals surface area contributed by atoms with Gasteiger partial charge < -0.3 is 22.8 Å². The molecule has 0 fully saturated rings. The third-order valence-corrected chi connectivity index (χ3v) is 7.85. The van der Waals surface area contributed by atoms with E-state index in [2.05, 4.69) is 25.1 Å². The minimum Gasteiger partial charge on any atom is -0.462 e. The van der Waals surface area contributed by atoms with E-state index in [0.717, 1.165) is 36.6 Å². The quantitative estimate of drug-likeness (QED) is 0.410. The van der Waals surface area contributed by atoms with Crippen molar-refractivity contribution in [3.8, 4) is 5.75 Å². The molecule has 26 heavy (non-hydrogen) atoms. The number of rotatable bonds is 11. The molecule has 0 N–H and O–H groups in total. The number of fused-ring (bicyclic) bond motifs is 1. The van der Waals surface area contributed by atoms with E-state index in [1.807, 2.05) is 6.92 Å². The first kappa shape index (κ1) is 21.4. The maximum Gasteiger partial charge on any atom is 0.500 e. The van der Waals surface area contributed by atoms with Crippen molar-refractivity contribution in [3.05, 3.63) is 29.3 Å². The number of hydrogen-bond acceptors (Lipinski definition) is 5. The first-order valence-electron chi connectivity index (χ1n) is 9.60. The van der Waals surface area contributed by atoms with Crippen molar-refractivity contribution in [1.82, 2.24) is 0 Å². The minimum absolute atomic E-state index is 0.507. The highest BCUT2D eigenvalue weighted by molar-refractivity contribution is 6.60. The zero-order valence-electron chi connectivity index (χ0n) is 16.9. The van der Waals surface area contributed by atoms with Gasteiger partial charge in [0.1, 0.15) is 5.75 Å². The first-order chi connectivity index (χ1) is 12.5. The molecule has 1 atom stereocenters. The molecule has 148 valence electrons. The van der Waals surface area contributed by atoms with E-state index in [0.29, 0.717) is 6.61 Å². The van der Waals surface area contributed by atoms with Gasteiger partial charge >= 0.3 is 8.80 Å². The van der Waals surface area contributed by atoms with Gasteiger partial charge in [-0.1, -0.05) is 32.3 Å². The highest BCUT2D eigenvalue weighted by Gasteiger charge is 2.37. The fourth-order valence-electron chi connectivity index (χ4n) is 3.34. The van der Waals surface area contributed by atoms with Crippen LogP contribution in [0.4, 0.5) is 0 Å². The topological polar surface area (TPSA) is 46.2 Å². The predicted molar refractivity (Wildman–Crippen MR) is 104 cm³/mol. The van der Waals surface area contributed by atoms with Gasteiger partial charge in [0.2, 0.25) is 5.79 Å². The third kappa shape index (κ3) is 5.54. The van der Waals surface area contributed by atoms with E-state index >= 15 is 0 Å². The zero-order valence-corrected chi connectivity index (χ0v) is 17.9. The summed E-state index contributed by atoms with van der Waals surface area (Å²) in [6, 6.07) is 7.08. The fraction of sp³-hybridized carbons (Fsp3) is 0.700. The highest BCUT2D eigenvalue weighted by Crippen LogP contribution is 2.35. The Morgan fingerprint density at radius 1 is 1.08 bits per heavy atom. The molecule has 0 spiro atoms. The summed E-state index contributed by atoms with van der Waals surface area (Å²) < 4.78 is 28.7. The second-order valence-corrected chi connectivity index (χ2v) is 10.2. The Labute approximate surface area is 159 Å². The number of benzene rings is 1. The van der Waals surface area contributed by atoms with Crippen LogP contribution in [-0.4, -0.2) is 35.9 Å². The Bertz CT molecular complexity index is 553. The molecule has 0 radical (unpaired) electrons. The summed E-state index contributed by atoms with van der Waals surface area (Å²) in [6.07, 6.45) is 6.64. The lowest BCUT2D eigenvalue weighted by Gasteiger charge is -2.36. The molecule has 0 amide bonds. The molecule has 6 heteroatoms. The molecule has 0 aliphatic carbocycles. The van der Waals surface area contributed by atoms with Gasteiger partial charge in [0, 0.05) is 46.3 Å². The van der Waals surface area contributed by atoms with Crippen molar-refractivity contribution in [2.24, 2.45) is 0 Å². The third-order valence-electron chi connectivity index (χ3n) is 5.12. The van der Waals surface area contributed by atoms with Crippen molar-refractivity contribution in [2.45, 2.75) is 70.8 Å². The van der Waals surface area contributed by atoms with Crippen LogP contribution in [0.25, 0.3) is 0 Å². The molecular weight excluding hydrogens is 348 g/mol. The predicted octanol–water partition coefficient (Wildman–Crippen LogP) is 4.70. The van der Waals surface area contributed by atoms with Gasteiger partial charge in [-0.15, -0.1) is 0 Å². The second-order valence-electron chi connectivity index (χ2n) is 7.07. The highest BCUT2D eigenvalue weighted by atomic mass is 28.4. The molecule has 1 heterocycles. The molecule has 1 unspecified atom stereocenters. The van der Waals surface area contributed by atoms with Crippen molar-refractivity contribution < 1.29 is 22.8 Å². The van der Waals surface area contributed by atoms with Crippen LogP contribution < -0.4 is 4.74 Å².